The van der Waals surface area contributed by atoms with Gasteiger partial charge in [-0.3, -0.25) is 0 Å². The van der Waals surface area contributed by atoms with Crippen molar-refractivity contribution in [3.8, 4) is 0 Å². The van der Waals surface area contributed by atoms with Crippen molar-refractivity contribution in [2.45, 2.75) is 6.92 Å². The molecule has 2 N–H and O–H groups in total. The first-order valence-corrected chi connectivity index (χ1v) is 2.22. The molecule has 2 nitrogen and oxygen atoms in total. The van der Waals surface area contributed by atoms with E-state index >= 15 is 0 Å². The van der Waals surface area contributed by atoms with Crippen molar-refractivity contribution in [2.24, 2.45) is 0 Å². The fraction of sp³-hybridized carbons (Fsp3) is 1.00. The molecule has 0 fully saturated rings. The zero-order valence-corrected chi connectivity index (χ0v) is 6.36. The highest BCUT2D eigenvalue weighted by atomic mass is 79.9. The summed E-state index contributed by atoms with van der Waals surface area (Å²) in [5, 5.41) is 2.08. The van der Waals surface area contributed by atoms with Gasteiger partial charge in [-0.05, 0) is 6.92 Å². The average molecular weight is 170 g/mol. The Morgan fingerprint density at radius 1 is 1.57 bits per heavy atom. The van der Waals surface area contributed by atoms with Crippen LogP contribution in [-0.2, 0) is 4.74 Å². The maximum absolute atomic E-state index is 4.73. The number of ether oxygens (including phenoxy) is 1. The molecular formula is C4H12BrNO. The summed E-state index contributed by atoms with van der Waals surface area (Å²) in [6.07, 6.45) is 0. The van der Waals surface area contributed by atoms with E-state index in [4.69, 9.17) is 4.74 Å². The Kier molecular flexibility index (Phi) is 14.3. The number of halogens is 1. The van der Waals surface area contributed by atoms with Crippen molar-refractivity contribution >= 4 is 0 Å². The highest BCUT2D eigenvalue weighted by molar-refractivity contribution is 3.90. The summed E-state index contributed by atoms with van der Waals surface area (Å²) in [4.78, 5) is 0. The van der Waals surface area contributed by atoms with Crippen molar-refractivity contribution in [2.75, 3.05) is 20.4 Å². The van der Waals surface area contributed by atoms with Crippen LogP contribution in [0.1, 0.15) is 6.92 Å². The van der Waals surface area contributed by atoms with Crippen LogP contribution in [0.5, 0.6) is 0 Å². The van der Waals surface area contributed by atoms with Crippen molar-refractivity contribution in [3.05, 3.63) is 0 Å². The Morgan fingerprint density at radius 2 is 2.14 bits per heavy atom. The number of hydrogen-bond donors (Lipinski definition) is 1. The second-order valence-corrected chi connectivity index (χ2v) is 1.15. The molecule has 0 aliphatic rings. The molecule has 0 rings (SSSR count). The van der Waals surface area contributed by atoms with E-state index in [0.29, 0.717) is 0 Å². The topological polar surface area (TPSA) is 25.8 Å². The van der Waals surface area contributed by atoms with Crippen molar-refractivity contribution in [1.82, 2.24) is 0 Å². The molecule has 46 valence electrons. The van der Waals surface area contributed by atoms with E-state index in [9.17, 15) is 0 Å². The van der Waals surface area contributed by atoms with E-state index in [0.717, 1.165) is 13.3 Å². The molecule has 0 heterocycles. The molecule has 0 aromatic heterocycles. The predicted molar refractivity (Wildman–Crippen MR) is 24.3 cm³/mol. The van der Waals surface area contributed by atoms with Crippen LogP contribution in [0.4, 0.5) is 0 Å². The maximum Gasteiger partial charge on any atom is 0.179 e. The zero-order valence-electron chi connectivity index (χ0n) is 4.78. The van der Waals surface area contributed by atoms with Gasteiger partial charge in [-0.25, -0.2) is 0 Å². The molecule has 0 spiro atoms. The van der Waals surface area contributed by atoms with E-state index < -0.39 is 0 Å². The lowest BCUT2D eigenvalue weighted by atomic mass is 10.8. The third-order valence-corrected chi connectivity index (χ3v) is 0.573. The lowest BCUT2D eigenvalue weighted by Gasteiger charge is -1.90. The van der Waals surface area contributed by atoms with Crippen molar-refractivity contribution in [3.63, 3.8) is 0 Å². The largest absolute Gasteiger partial charge is 1.00 e. The van der Waals surface area contributed by atoms with Gasteiger partial charge >= 0.3 is 0 Å². The van der Waals surface area contributed by atoms with Crippen LogP contribution < -0.4 is 22.3 Å². The molecule has 0 saturated heterocycles. The van der Waals surface area contributed by atoms with Crippen LogP contribution in [0.2, 0.25) is 0 Å². The number of rotatable bonds is 3. The molecule has 3 heteroatoms. The first-order chi connectivity index (χ1) is 2.91. The Hall–Kier alpha value is 0.400. The van der Waals surface area contributed by atoms with Gasteiger partial charge in [0.2, 0.25) is 0 Å². The van der Waals surface area contributed by atoms with Crippen LogP contribution in [-0.4, -0.2) is 20.4 Å². The quantitative estimate of drug-likeness (QED) is 0.341. The molecule has 0 aromatic carbocycles. The van der Waals surface area contributed by atoms with Crippen LogP contribution in [0, 0.1) is 0 Å². The molecule has 0 atom stereocenters. The first-order valence-electron chi connectivity index (χ1n) is 2.22. The zero-order chi connectivity index (χ0) is 4.83. The van der Waals surface area contributed by atoms with E-state index in [2.05, 4.69) is 12.2 Å². The summed E-state index contributed by atoms with van der Waals surface area (Å²) in [7, 11) is 1.70. The molecule has 0 saturated carbocycles. The summed E-state index contributed by atoms with van der Waals surface area (Å²) in [6.45, 7) is 3.99. The number of methoxy groups -OCH3 is 1. The first kappa shape index (κ1) is 10.4. The van der Waals surface area contributed by atoms with Gasteiger partial charge in [-0.15, -0.1) is 0 Å². The molecule has 0 unspecified atom stereocenters. The maximum atomic E-state index is 4.73. The van der Waals surface area contributed by atoms with Gasteiger partial charge in [0.1, 0.15) is 0 Å². The smallest absolute Gasteiger partial charge is 0.179 e. The average Bonchev–Trinajstić information content (AvgIpc) is 1.61. The minimum Gasteiger partial charge on any atom is -1.00 e. The van der Waals surface area contributed by atoms with Gasteiger partial charge < -0.3 is 27.0 Å². The van der Waals surface area contributed by atoms with E-state index in [1.54, 1.807) is 7.11 Å². The van der Waals surface area contributed by atoms with Gasteiger partial charge in [-0.1, -0.05) is 0 Å². The van der Waals surface area contributed by atoms with E-state index in [-0.39, 0.29) is 17.0 Å². The Bertz CT molecular complexity index is 23.7. The minimum absolute atomic E-state index is 0. The summed E-state index contributed by atoms with van der Waals surface area (Å²) in [6, 6.07) is 0. The lowest BCUT2D eigenvalue weighted by molar-refractivity contribution is -0.682. The molecule has 0 radical (unpaired) electrons. The molecule has 0 aromatic rings. The van der Waals surface area contributed by atoms with E-state index in [1.807, 2.05) is 0 Å². The van der Waals surface area contributed by atoms with Crippen LogP contribution >= 0.6 is 0 Å². The fourth-order valence-corrected chi connectivity index (χ4v) is 0.236. The third-order valence-electron chi connectivity index (χ3n) is 0.573. The molecule has 0 bridgehead atoms. The molecule has 0 aliphatic heterocycles. The molecular weight excluding hydrogens is 158 g/mol. The van der Waals surface area contributed by atoms with Gasteiger partial charge in [0, 0.05) is 7.11 Å². The SMILES string of the molecule is CC[NH2+]COC.[Br-]. The summed E-state index contributed by atoms with van der Waals surface area (Å²) >= 11 is 0. The van der Waals surface area contributed by atoms with Crippen LogP contribution in [0.3, 0.4) is 0 Å². The van der Waals surface area contributed by atoms with Gasteiger partial charge in [0.25, 0.3) is 0 Å². The fourth-order valence-electron chi connectivity index (χ4n) is 0.236. The predicted octanol–water partition coefficient (Wildman–Crippen LogP) is -3.82. The van der Waals surface area contributed by atoms with Gasteiger partial charge in [-0.2, -0.15) is 0 Å². The number of nitrogens with two attached hydrogens (primary N) is 1. The summed E-state index contributed by atoms with van der Waals surface area (Å²) in [5.41, 5.74) is 0. The van der Waals surface area contributed by atoms with Crippen LogP contribution in [0.25, 0.3) is 0 Å². The van der Waals surface area contributed by atoms with Crippen molar-refractivity contribution in [1.29, 1.82) is 0 Å². The monoisotopic (exact) mass is 169 g/mol. The molecule has 0 amide bonds. The molecule has 7 heavy (non-hydrogen) atoms. The Morgan fingerprint density at radius 3 is 2.29 bits per heavy atom. The highest BCUT2D eigenvalue weighted by Gasteiger charge is 1.74. The van der Waals surface area contributed by atoms with Gasteiger partial charge in [0.05, 0.1) is 6.54 Å². The minimum atomic E-state index is 0. The second kappa shape index (κ2) is 9.64. The standard InChI is InChI=1S/C4H11NO.BrH/c1-3-5-4-6-2;/h5H,3-4H2,1-2H3;1H. The van der Waals surface area contributed by atoms with Crippen molar-refractivity contribution < 1.29 is 27.0 Å². The van der Waals surface area contributed by atoms with E-state index in [1.165, 1.54) is 0 Å². The summed E-state index contributed by atoms with van der Waals surface area (Å²) in [5.74, 6) is 0. The second-order valence-electron chi connectivity index (χ2n) is 1.15. The highest BCUT2D eigenvalue weighted by Crippen LogP contribution is 1.42. The number of hydrogen-bond acceptors (Lipinski definition) is 1. The van der Waals surface area contributed by atoms with Gasteiger partial charge in [0.15, 0.2) is 6.73 Å². The molecule has 0 aliphatic carbocycles. The third kappa shape index (κ3) is 10.7. The normalized spacial score (nSPS) is 7.71. The Balaban J connectivity index is 0. The lowest BCUT2D eigenvalue weighted by Crippen LogP contribution is -3.00. The van der Waals surface area contributed by atoms with Crippen LogP contribution in [0.15, 0.2) is 0 Å². The Labute approximate surface area is 55.0 Å². The number of quaternary nitrogens is 1. The summed E-state index contributed by atoms with van der Waals surface area (Å²) < 4.78 is 4.73.